The molecular formula is C15H18N2O3S. The van der Waals surface area contributed by atoms with E-state index in [1.807, 2.05) is 24.6 Å². The molecule has 0 atom stereocenters. The van der Waals surface area contributed by atoms with Crippen molar-refractivity contribution in [1.29, 1.82) is 0 Å². The lowest BCUT2D eigenvalue weighted by Gasteiger charge is -2.14. The van der Waals surface area contributed by atoms with Crippen molar-refractivity contribution in [3.05, 3.63) is 29.3 Å². The van der Waals surface area contributed by atoms with Gasteiger partial charge < -0.3 is 4.74 Å². The van der Waals surface area contributed by atoms with E-state index in [0.29, 0.717) is 4.90 Å². The van der Waals surface area contributed by atoms with Gasteiger partial charge in [0.05, 0.1) is 17.2 Å². The van der Waals surface area contributed by atoms with E-state index in [2.05, 4.69) is 5.10 Å². The molecule has 0 saturated heterocycles. The molecule has 0 amide bonds. The molecule has 21 heavy (non-hydrogen) atoms. The van der Waals surface area contributed by atoms with Gasteiger partial charge >= 0.3 is 0 Å². The van der Waals surface area contributed by atoms with Crippen LogP contribution in [0.4, 0.5) is 0 Å². The first kappa shape index (κ1) is 14.1. The first-order valence-corrected chi connectivity index (χ1v) is 8.78. The van der Waals surface area contributed by atoms with Gasteiger partial charge in [0.2, 0.25) is 5.88 Å². The maximum atomic E-state index is 11.6. The zero-order valence-electron chi connectivity index (χ0n) is 12.4. The van der Waals surface area contributed by atoms with E-state index in [-0.39, 0.29) is 0 Å². The quantitative estimate of drug-likeness (QED) is 0.854. The van der Waals surface area contributed by atoms with Gasteiger partial charge in [0.25, 0.3) is 0 Å². The Morgan fingerprint density at radius 2 is 2.05 bits per heavy atom. The van der Waals surface area contributed by atoms with Crippen LogP contribution in [0.25, 0.3) is 11.3 Å². The number of rotatable bonds is 2. The van der Waals surface area contributed by atoms with E-state index >= 15 is 0 Å². The molecule has 1 aromatic heterocycles. The monoisotopic (exact) mass is 306 g/mol. The average Bonchev–Trinajstić information content (AvgIpc) is 2.75. The summed E-state index contributed by atoms with van der Waals surface area (Å²) in [4.78, 5) is 0.335. The number of benzene rings is 1. The summed E-state index contributed by atoms with van der Waals surface area (Å²) in [5.74, 6) is 0.822. The van der Waals surface area contributed by atoms with Crippen molar-refractivity contribution in [2.75, 3.05) is 12.9 Å². The van der Waals surface area contributed by atoms with E-state index < -0.39 is 9.84 Å². The van der Waals surface area contributed by atoms with Crippen LogP contribution in [-0.2, 0) is 16.4 Å². The molecule has 2 heterocycles. The molecule has 0 spiro atoms. The van der Waals surface area contributed by atoms with Crippen molar-refractivity contribution in [3.8, 4) is 17.1 Å². The molecule has 112 valence electrons. The molecule has 2 aromatic rings. The molecule has 0 saturated carbocycles. The highest BCUT2D eigenvalue weighted by atomic mass is 32.2. The van der Waals surface area contributed by atoms with Crippen LogP contribution in [0.2, 0.25) is 0 Å². The summed E-state index contributed by atoms with van der Waals surface area (Å²) in [6.07, 6.45) is 2.18. The van der Waals surface area contributed by atoms with Crippen LogP contribution in [0.15, 0.2) is 23.1 Å². The van der Waals surface area contributed by atoms with Gasteiger partial charge in [0.15, 0.2) is 9.84 Å². The molecule has 0 radical (unpaired) electrons. The molecule has 0 fully saturated rings. The maximum Gasteiger partial charge on any atom is 0.215 e. The molecule has 0 N–H and O–H groups in total. The summed E-state index contributed by atoms with van der Waals surface area (Å²) < 4.78 is 30.8. The van der Waals surface area contributed by atoms with E-state index in [0.717, 1.165) is 47.8 Å². The van der Waals surface area contributed by atoms with E-state index in [9.17, 15) is 8.42 Å². The number of sulfone groups is 1. The topological polar surface area (TPSA) is 61.2 Å². The van der Waals surface area contributed by atoms with Crippen LogP contribution in [0.5, 0.6) is 5.88 Å². The number of hydrogen-bond acceptors (Lipinski definition) is 4. The molecule has 5 nitrogen and oxygen atoms in total. The van der Waals surface area contributed by atoms with Crippen molar-refractivity contribution in [1.82, 2.24) is 9.78 Å². The van der Waals surface area contributed by atoms with Crippen LogP contribution in [0, 0.1) is 13.8 Å². The fourth-order valence-corrected chi connectivity index (χ4v) is 3.35. The standard InChI is InChI=1S/C15H18N2O3S/c1-10-9-12(21(3,18)19)5-6-13(10)14-11(2)15-17(16-14)7-4-8-20-15/h5-6,9H,4,7-8H2,1-3H3. The van der Waals surface area contributed by atoms with E-state index in [1.165, 1.54) is 6.26 Å². The Balaban J connectivity index is 2.11. The number of fused-ring (bicyclic) bond motifs is 1. The Morgan fingerprint density at radius 1 is 1.29 bits per heavy atom. The lowest BCUT2D eigenvalue weighted by Crippen LogP contribution is -2.14. The number of hydrogen-bond donors (Lipinski definition) is 0. The Morgan fingerprint density at radius 3 is 2.67 bits per heavy atom. The summed E-state index contributed by atoms with van der Waals surface area (Å²) >= 11 is 0. The lowest BCUT2D eigenvalue weighted by molar-refractivity contribution is 0.229. The number of aryl methyl sites for hydroxylation is 2. The van der Waals surface area contributed by atoms with Gasteiger partial charge in [-0.25, -0.2) is 13.1 Å². The highest BCUT2D eigenvalue weighted by Gasteiger charge is 2.21. The predicted molar refractivity (Wildman–Crippen MR) is 80.4 cm³/mol. The van der Waals surface area contributed by atoms with Crippen molar-refractivity contribution >= 4 is 9.84 Å². The first-order chi connectivity index (χ1) is 9.88. The molecule has 0 aliphatic carbocycles. The molecule has 3 rings (SSSR count). The zero-order chi connectivity index (χ0) is 15.2. The molecule has 1 aromatic carbocycles. The summed E-state index contributed by atoms with van der Waals surface area (Å²) in [7, 11) is -3.19. The number of nitrogens with zero attached hydrogens (tertiary/aromatic N) is 2. The Hall–Kier alpha value is -1.82. The predicted octanol–water partition coefficient (Wildman–Crippen LogP) is 2.35. The highest BCUT2D eigenvalue weighted by Crippen LogP contribution is 2.33. The van der Waals surface area contributed by atoms with Gasteiger partial charge in [0, 0.05) is 30.3 Å². The number of aromatic nitrogens is 2. The van der Waals surface area contributed by atoms with E-state index in [1.54, 1.807) is 12.1 Å². The normalized spacial score (nSPS) is 14.6. The van der Waals surface area contributed by atoms with Crippen LogP contribution < -0.4 is 4.74 Å². The van der Waals surface area contributed by atoms with Gasteiger partial charge in [0.1, 0.15) is 0 Å². The summed E-state index contributed by atoms with van der Waals surface area (Å²) in [5, 5.41) is 4.62. The highest BCUT2D eigenvalue weighted by molar-refractivity contribution is 7.90. The van der Waals surface area contributed by atoms with Crippen molar-refractivity contribution < 1.29 is 13.2 Å². The third kappa shape index (κ3) is 2.44. The van der Waals surface area contributed by atoms with Gasteiger partial charge in [-0.15, -0.1) is 0 Å². The third-order valence-corrected chi connectivity index (χ3v) is 4.88. The van der Waals surface area contributed by atoms with Gasteiger partial charge in [-0.2, -0.15) is 5.10 Å². The lowest BCUT2D eigenvalue weighted by atomic mass is 10.0. The zero-order valence-corrected chi connectivity index (χ0v) is 13.2. The Kier molecular flexibility index (Phi) is 3.28. The molecule has 1 aliphatic rings. The minimum absolute atomic E-state index is 0.335. The maximum absolute atomic E-state index is 11.6. The van der Waals surface area contributed by atoms with Gasteiger partial charge in [-0.1, -0.05) is 6.07 Å². The molecular weight excluding hydrogens is 288 g/mol. The summed E-state index contributed by atoms with van der Waals surface area (Å²) in [6, 6.07) is 5.16. The first-order valence-electron chi connectivity index (χ1n) is 6.89. The fraction of sp³-hybridized carbons (Fsp3) is 0.400. The van der Waals surface area contributed by atoms with Crippen molar-refractivity contribution in [2.24, 2.45) is 0 Å². The number of ether oxygens (including phenoxy) is 1. The average molecular weight is 306 g/mol. The van der Waals surface area contributed by atoms with Crippen molar-refractivity contribution in [3.63, 3.8) is 0 Å². The minimum Gasteiger partial charge on any atom is -0.478 e. The third-order valence-electron chi connectivity index (χ3n) is 3.77. The molecule has 1 aliphatic heterocycles. The van der Waals surface area contributed by atoms with Crippen LogP contribution in [0.1, 0.15) is 17.5 Å². The van der Waals surface area contributed by atoms with Crippen LogP contribution in [-0.4, -0.2) is 31.1 Å². The van der Waals surface area contributed by atoms with Crippen LogP contribution >= 0.6 is 0 Å². The van der Waals surface area contributed by atoms with Gasteiger partial charge in [-0.3, -0.25) is 0 Å². The van der Waals surface area contributed by atoms with Crippen molar-refractivity contribution in [2.45, 2.75) is 31.7 Å². The molecule has 6 heteroatoms. The molecule has 0 unspecified atom stereocenters. The minimum atomic E-state index is -3.19. The summed E-state index contributed by atoms with van der Waals surface area (Å²) in [6.45, 7) is 5.47. The van der Waals surface area contributed by atoms with E-state index in [4.69, 9.17) is 4.74 Å². The Labute approximate surface area is 124 Å². The largest absolute Gasteiger partial charge is 0.478 e. The SMILES string of the molecule is Cc1cc(S(C)(=O)=O)ccc1-c1nn2c(c1C)OCCC2. The van der Waals surface area contributed by atoms with Gasteiger partial charge in [-0.05, 0) is 31.5 Å². The smallest absolute Gasteiger partial charge is 0.215 e. The Bertz CT molecular complexity index is 807. The second-order valence-electron chi connectivity index (χ2n) is 5.45. The second kappa shape index (κ2) is 4.87. The second-order valence-corrected chi connectivity index (χ2v) is 7.47. The summed E-state index contributed by atoms with van der Waals surface area (Å²) in [5.41, 5.74) is 3.72. The molecule has 0 bridgehead atoms. The van der Waals surface area contributed by atoms with Crippen LogP contribution in [0.3, 0.4) is 0 Å². The fourth-order valence-electron chi connectivity index (χ4n) is 2.64.